The summed E-state index contributed by atoms with van der Waals surface area (Å²) in [6, 6.07) is 18.8. The molecule has 0 saturated carbocycles. The third-order valence-electron chi connectivity index (χ3n) is 5.77. The molecule has 2 aromatic rings. The highest BCUT2D eigenvalue weighted by Crippen LogP contribution is 2.30. The highest BCUT2D eigenvalue weighted by molar-refractivity contribution is 6.32. The van der Waals surface area contributed by atoms with Gasteiger partial charge in [-0.3, -0.25) is 0 Å². The number of benzene rings is 2. The summed E-state index contributed by atoms with van der Waals surface area (Å²) >= 11 is 6.66. The van der Waals surface area contributed by atoms with Gasteiger partial charge in [0.15, 0.2) is 0 Å². The third-order valence-corrected chi connectivity index (χ3v) is 6.14. The van der Waals surface area contributed by atoms with Gasteiger partial charge in [-0.25, -0.2) is 0 Å². The van der Waals surface area contributed by atoms with E-state index in [2.05, 4.69) is 86.7 Å². The first kappa shape index (κ1) is 40.5. The number of hydrogen-bond donors (Lipinski definition) is 3. The lowest BCUT2D eigenvalue weighted by molar-refractivity contribution is 0.202. The second-order valence-corrected chi connectivity index (χ2v) is 9.71. The standard InChI is InChI=1S/C29H39ClN2O3.C3H8.CH4O.CH4/c1-6-11-27(30)26(7-2)29(24-12-9-8-10-13-24)31-22(4)18-23-14-16-25(17-15-23)35-20-21(3)28(19-33)32-34-5;1-3-2;1-2;/h7-17,21-22,29,31,33H,6,18-20H2,1-5H3;3H2,1-2H3;2H,1H3;1H4/b26-7+,27-11+,32-28-;;;. The number of ether oxygens (including phenoxy) is 1. The van der Waals surface area contributed by atoms with Gasteiger partial charge in [-0.1, -0.05) is 113 Å². The van der Waals surface area contributed by atoms with Gasteiger partial charge >= 0.3 is 0 Å². The van der Waals surface area contributed by atoms with Crippen LogP contribution in [-0.2, 0) is 11.3 Å². The van der Waals surface area contributed by atoms with Crippen LogP contribution in [0.3, 0.4) is 0 Å². The van der Waals surface area contributed by atoms with Gasteiger partial charge in [0, 0.05) is 24.1 Å². The summed E-state index contributed by atoms with van der Waals surface area (Å²) in [5.41, 5.74) is 4.05. The van der Waals surface area contributed by atoms with Crippen LogP contribution in [0.1, 0.15) is 79.0 Å². The summed E-state index contributed by atoms with van der Waals surface area (Å²) in [7, 11) is 2.47. The van der Waals surface area contributed by atoms with Crippen molar-refractivity contribution in [3.63, 3.8) is 0 Å². The summed E-state index contributed by atoms with van der Waals surface area (Å²) in [5, 5.41) is 24.8. The molecule has 0 amide bonds. The quantitative estimate of drug-likeness (QED) is 0.118. The summed E-state index contributed by atoms with van der Waals surface area (Å²) < 4.78 is 5.88. The molecular formula is C34H55ClN2O4. The van der Waals surface area contributed by atoms with Crippen LogP contribution in [0.15, 0.2) is 82.5 Å². The fourth-order valence-electron chi connectivity index (χ4n) is 3.88. The Morgan fingerprint density at radius 2 is 1.61 bits per heavy atom. The van der Waals surface area contributed by atoms with Gasteiger partial charge < -0.3 is 25.1 Å². The molecule has 0 saturated heterocycles. The average molecular weight is 591 g/mol. The highest BCUT2D eigenvalue weighted by Gasteiger charge is 2.20. The Hall–Kier alpha value is -2.64. The number of hydrogen-bond acceptors (Lipinski definition) is 6. The maximum Gasteiger partial charge on any atom is 0.119 e. The SMILES string of the molecule is C.C/C=C(\C(Cl)=C/CC)C(NC(C)Cc1ccc(OCC(C)/C(CO)=N\OC)cc1)c1ccccc1.CCC.CO. The van der Waals surface area contributed by atoms with Gasteiger partial charge in [-0.05, 0) is 55.5 Å². The number of nitrogens with zero attached hydrogens (tertiary/aromatic N) is 1. The van der Waals surface area contributed by atoms with E-state index in [1.807, 2.05) is 32.0 Å². The van der Waals surface area contributed by atoms with E-state index in [0.29, 0.717) is 12.3 Å². The Balaban J connectivity index is 0. The van der Waals surface area contributed by atoms with Crippen molar-refractivity contribution in [3.05, 3.63) is 88.5 Å². The molecule has 3 atom stereocenters. The number of allylic oxidation sites excluding steroid dienone is 2. The Morgan fingerprint density at radius 1 is 1.02 bits per heavy atom. The molecule has 3 N–H and O–H groups in total. The summed E-state index contributed by atoms with van der Waals surface area (Å²) in [6.45, 7) is 12.8. The zero-order valence-corrected chi connectivity index (χ0v) is 26.4. The topological polar surface area (TPSA) is 83.3 Å². The highest BCUT2D eigenvalue weighted by atomic mass is 35.5. The molecular weight excluding hydrogens is 536 g/mol. The van der Waals surface area contributed by atoms with E-state index < -0.39 is 0 Å². The predicted molar refractivity (Wildman–Crippen MR) is 177 cm³/mol. The van der Waals surface area contributed by atoms with Crippen molar-refractivity contribution >= 4 is 17.3 Å². The molecule has 0 heterocycles. The zero-order chi connectivity index (χ0) is 30.3. The van der Waals surface area contributed by atoms with Crippen LogP contribution in [0.25, 0.3) is 0 Å². The van der Waals surface area contributed by atoms with E-state index in [1.54, 1.807) is 0 Å². The molecule has 7 heteroatoms. The van der Waals surface area contributed by atoms with Crippen molar-refractivity contribution < 1.29 is 19.8 Å². The third kappa shape index (κ3) is 15.8. The largest absolute Gasteiger partial charge is 0.493 e. The molecule has 0 aliphatic heterocycles. The number of rotatable bonds is 14. The Kier molecular flexibility index (Phi) is 24.8. The lowest BCUT2D eigenvalue weighted by Crippen LogP contribution is -2.33. The number of aliphatic hydroxyl groups is 2. The molecule has 232 valence electrons. The molecule has 0 radical (unpaired) electrons. The molecule has 2 aromatic carbocycles. The number of oxime groups is 1. The molecule has 0 aromatic heterocycles. The average Bonchev–Trinajstić information content (AvgIpc) is 2.97. The van der Waals surface area contributed by atoms with Crippen LogP contribution in [0.4, 0.5) is 0 Å². The van der Waals surface area contributed by atoms with Crippen molar-refractivity contribution in [2.45, 2.75) is 80.3 Å². The Morgan fingerprint density at radius 3 is 2.10 bits per heavy atom. The number of aliphatic hydroxyl groups excluding tert-OH is 2. The van der Waals surface area contributed by atoms with Crippen molar-refractivity contribution in [1.29, 1.82) is 0 Å². The van der Waals surface area contributed by atoms with Gasteiger partial charge in [-0.2, -0.15) is 0 Å². The number of halogens is 1. The van der Waals surface area contributed by atoms with Crippen LogP contribution in [0.2, 0.25) is 0 Å². The molecule has 0 fully saturated rings. The smallest absolute Gasteiger partial charge is 0.119 e. The van der Waals surface area contributed by atoms with Crippen LogP contribution in [0, 0.1) is 5.92 Å². The van der Waals surface area contributed by atoms with E-state index in [9.17, 15) is 5.11 Å². The van der Waals surface area contributed by atoms with Crippen molar-refractivity contribution in [1.82, 2.24) is 5.32 Å². The molecule has 0 bridgehead atoms. The first-order valence-corrected chi connectivity index (χ1v) is 14.4. The summed E-state index contributed by atoms with van der Waals surface area (Å²) in [4.78, 5) is 4.78. The minimum atomic E-state index is -0.152. The molecule has 6 nitrogen and oxygen atoms in total. The van der Waals surface area contributed by atoms with Crippen molar-refractivity contribution in [2.75, 3.05) is 27.4 Å². The zero-order valence-electron chi connectivity index (χ0n) is 25.7. The van der Waals surface area contributed by atoms with E-state index >= 15 is 0 Å². The molecule has 3 unspecified atom stereocenters. The molecule has 2 rings (SSSR count). The normalized spacial score (nSPS) is 13.8. The molecule has 0 aliphatic carbocycles. The fraction of sp³-hybridized carbons (Fsp3) is 0.500. The van der Waals surface area contributed by atoms with E-state index in [1.165, 1.54) is 24.7 Å². The van der Waals surface area contributed by atoms with Crippen LogP contribution >= 0.6 is 11.6 Å². The van der Waals surface area contributed by atoms with Crippen LogP contribution < -0.4 is 10.1 Å². The fourth-order valence-corrected chi connectivity index (χ4v) is 4.25. The predicted octanol–water partition coefficient (Wildman–Crippen LogP) is 8.10. The second-order valence-electron chi connectivity index (χ2n) is 9.31. The van der Waals surface area contributed by atoms with Gasteiger partial charge in [-0.15, -0.1) is 0 Å². The molecule has 41 heavy (non-hydrogen) atoms. The molecule has 0 aliphatic rings. The van der Waals surface area contributed by atoms with E-state index in [4.69, 9.17) is 26.3 Å². The van der Waals surface area contributed by atoms with Gasteiger partial charge in [0.2, 0.25) is 0 Å². The Bertz CT molecular complexity index is 992. The monoisotopic (exact) mass is 590 g/mol. The maximum atomic E-state index is 9.40. The van der Waals surface area contributed by atoms with E-state index in [0.717, 1.165) is 36.3 Å². The van der Waals surface area contributed by atoms with Gasteiger partial charge in [0.1, 0.15) is 12.9 Å². The van der Waals surface area contributed by atoms with Crippen molar-refractivity contribution in [3.8, 4) is 5.75 Å². The first-order chi connectivity index (χ1) is 19.3. The minimum absolute atomic E-state index is 0. The Labute approximate surface area is 255 Å². The first-order valence-electron chi connectivity index (χ1n) is 14.0. The van der Waals surface area contributed by atoms with Gasteiger partial charge in [0.05, 0.1) is 25.0 Å². The summed E-state index contributed by atoms with van der Waals surface area (Å²) in [5.74, 6) is 0.735. The van der Waals surface area contributed by atoms with Crippen molar-refractivity contribution in [2.24, 2.45) is 11.1 Å². The summed E-state index contributed by atoms with van der Waals surface area (Å²) in [6.07, 6.45) is 7.16. The van der Waals surface area contributed by atoms with E-state index in [-0.39, 0.29) is 32.0 Å². The minimum Gasteiger partial charge on any atom is -0.493 e. The van der Waals surface area contributed by atoms with Crippen LogP contribution in [-0.4, -0.2) is 49.4 Å². The van der Waals surface area contributed by atoms with Crippen LogP contribution in [0.5, 0.6) is 5.75 Å². The maximum absolute atomic E-state index is 9.40. The second kappa shape index (κ2) is 25.1. The van der Waals surface area contributed by atoms with Gasteiger partial charge in [0.25, 0.3) is 0 Å². The molecule has 0 spiro atoms. The number of nitrogens with one attached hydrogen (secondary N) is 1. The lowest BCUT2D eigenvalue weighted by Gasteiger charge is -2.26. The lowest BCUT2D eigenvalue weighted by atomic mass is 9.95.